The predicted molar refractivity (Wildman–Crippen MR) is 154 cm³/mol. The smallest absolute Gasteiger partial charge is 0.0476 e. The molecule has 2 aromatic rings. The predicted octanol–water partition coefficient (Wildman–Crippen LogP) is 3.17. The van der Waals surface area contributed by atoms with Gasteiger partial charge in [-0.2, -0.15) is 0 Å². The Labute approximate surface area is 220 Å². The molecule has 0 amide bonds. The number of piperazine rings is 2. The molecule has 36 heavy (non-hydrogen) atoms. The summed E-state index contributed by atoms with van der Waals surface area (Å²) in [6.07, 6.45) is 0. The zero-order valence-corrected chi connectivity index (χ0v) is 23.5. The van der Waals surface area contributed by atoms with E-state index in [1.807, 2.05) is 0 Å². The van der Waals surface area contributed by atoms with Gasteiger partial charge in [-0.1, -0.05) is 60.7 Å². The average Bonchev–Trinajstić information content (AvgIpc) is 2.87. The fraction of sp³-hybridized carbons (Fsp3) is 0.600. The van der Waals surface area contributed by atoms with E-state index in [9.17, 15) is 0 Å². The molecule has 2 N–H and O–H groups in total. The van der Waals surface area contributed by atoms with Crippen molar-refractivity contribution in [3.8, 4) is 0 Å². The third kappa shape index (κ3) is 9.25. The van der Waals surface area contributed by atoms with Crippen LogP contribution in [0.25, 0.3) is 0 Å². The molecule has 0 radical (unpaired) electrons. The molecule has 6 heteroatoms. The molecule has 2 aromatic carbocycles. The molecule has 6 nitrogen and oxygen atoms in total. The lowest BCUT2D eigenvalue weighted by Gasteiger charge is -2.39. The molecule has 0 saturated carbocycles. The zero-order chi connectivity index (χ0) is 25.9. The van der Waals surface area contributed by atoms with E-state index in [-0.39, 0.29) is 0 Å². The Bertz CT molecular complexity index is 772. The quantitative estimate of drug-likeness (QED) is 0.587. The van der Waals surface area contributed by atoms with Crippen LogP contribution >= 0.6 is 0 Å². The Balaban J connectivity index is 0.000000201. The van der Waals surface area contributed by atoms with Gasteiger partial charge in [-0.25, -0.2) is 0 Å². The summed E-state index contributed by atoms with van der Waals surface area (Å²) in [5.41, 5.74) is 2.86. The monoisotopic (exact) mass is 494 g/mol. The summed E-state index contributed by atoms with van der Waals surface area (Å²) < 4.78 is 0. The van der Waals surface area contributed by atoms with E-state index in [2.05, 4.69) is 133 Å². The SMILES string of the molecule is C[C@@H]1CN([C@@H](CN(C)C)c2ccccc2)CCN1.C[C@@H]1CN([C@H](CN(C)C)c2ccccc2)CCN1. The molecule has 4 atom stereocenters. The number of rotatable bonds is 8. The van der Waals surface area contributed by atoms with Gasteiger partial charge in [0.25, 0.3) is 0 Å². The number of benzene rings is 2. The van der Waals surface area contributed by atoms with Crippen LogP contribution < -0.4 is 10.6 Å². The van der Waals surface area contributed by atoms with Gasteiger partial charge in [0.1, 0.15) is 0 Å². The molecular weight excluding hydrogens is 444 g/mol. The first-order chi connectivity index (χ1) is 17.3. The Hall–Kier alpha value is -1.80. The molecule has 0 bridgehead atoms. The van der Waals surface area contributed by atoms with Crippen molar-refractivity contribution in [2.24, 2.45) is 0 Å². The van der Waals surface area contributed by atoms with Crippen LogP contribution in [0.3, 0.4) is 0 Å². The number of hydrogen-bond donors (Lipinski definition) is 2. The van der Waals surface area contributed by atoms with Crippen molar-refractivity contribution in [2.75, 3.05) is 80.5 Å². The van der Waals surface area contributed by atoms with Gasteiger partial charge < -0.3 is 20.4 Å². The number of hydrogen-bond acceptors (Lipinski definition) is 6. The summed E-state index contributed by atoms with van der Waals surface area (Å²) in [6.45, 7) is 13.4. The van der Waals surface area contributed by atoms with Crippen molar-refractivity contribution in [1.82, 2.24) is 30.2 Å². The van der Waals surface area contributed by atoms with Gasteiger partial charge in [-0.15, -0.1) is 0 Å². The molecule has 2 fully saturated rings. The van der Waals surface area contributed by atoms with E-state index in [4.69, 9.17) is 0 Å². The molecule has 2 aliphatic rings. The van der Waals surface area contributed by atoms with Crippen LogP contribution in [-0.2, 0) is 0 Å². The molecule has 0 aliphatic carbocycles. The van der Waals surface area contributed by atoms with Crippen LogP contribution in [0.15, 0.2) is 60.7 Å². The highest BCUT2D eigenvalue weighted by Crippen LogP contribution is 2.23. The molecule has 2 heterocycles. The van der Waals surface area contributed by atoms with Crippen molar-refractivity contribution in [2.45, 2.75) is 38.0 Å². The van der Waals surface area contributed by atoms with Crippen LogP contribution in [0.2, 0.25) is 0 Å². The summed E-state index contributed by atoms with van der Waals surface area (Å²) in [5.74, 6) is 0. The van der Waals surface area contributed by atoms with Crippen LogP contribution in [0.4, 0.5) is 0 Å². The molecule has 0 spiro atoms. The molecule has 0 unspecified atom stereocenters. The molecule has 2 saturated heterocycles. The van der Waals surface area contributed by atoms with Gasteiger partial charge in [0.15, 0.2) is 0 Å². The van der Waals surface area contributed by atoms with Crippen LogP contribution in [-0.4, -0.2) is 112 Å². The number of nitrogens with one attached hydrogen (secondary N) is 2. The standard InChI is InChI=1S/2C15H25N3/c2*1-13-11-18(10-9-16-13)15(12-17(2)3)14-7-5-4-6-8-14/h2*4-8,13,15-16H,9-12H2,1-3H3/t13-,15+;13-,15-/m11/s1. The second kappa shape index (κ2) is 14.8. The third-order valence-electron chi connectivity index (χ3n) is 7.13. The first kappa shape index (κ1) is 28.8. The molecular formula is C30H50N6. The molecule has 200 valence electrons. The summed E-state index contributed by atoms with van der Waals surface area (Å²) >= 11 is 0. The van der Waals surface area contributed by atoms with Gasteiger partial charge in [0.05, 0.1) is 0 Å². The van der Waals surface area contributed by atoms with Crippen LogP contribution in [0.1, 0.15) is 37.1 Å². The Kier molecular flexibility index (Phi) is 11.8. The topological polar surface area (TPSA) is 37.0 Å². The highest BCUT2D eigenvalue weighted by Gasteiger charge is 2.26. The van der Waals surface area contributed by atoms with E-state index in [1.165, 1.54) is 11.1 Å². The molecule has 4 rings (SSSR count). The lowest BCUT2D eigenvalue weighted by molar-refractivity contribution is 0.125. The fourth-order valence-electron chi connectivity index (χ4n) is 5.40. The van der Waals surface area contributed by atoms with Crippen molar-refractivity contribution in [1.29, 1.82) is 0 Å². The van der Waals surface area contributed by atoms with E-state index >= 15 is 0 Å². The second-order valence-corrected chi connectivity index (χ2v) is 11.1. The van der Waals surface area contributed by atoms with Crippen molar-refractivity contribution < 1.29 is 0 Å². The van der Waals surface area contributed by atoms with Crippen LogP contribution in [0.5, 0.6) is 0 Å². The maximum absolute atomic E-state index is 3.52. The first-order valence-electron chi connectivity index (χ1n) is 13.7. The molecule has 2 aliphatic heterocycles. The Morgan fingerprint density at radius 1 is 0.667 bits per heavy atom. The minimum Gasteiger partial charge on any atom is -0.312 e. The molecule has 0 aromatic heterocycles. The van der Waals surface area contributed by atoms with E-state index < -0.39 is 0 Å². The Morgan fingerprint density at radius 2 is 1.03 bits per heavy atom. The lowest BCUT2D eigenvalue weighted by Crippen LogP contribution is -2.51. The highest BCUT2D eigenvalue weighted by molar-refractivity contribution is 5.20. The van der Waals surface area contributed by atoms with Gasteiger partial charge >= 0.3 is 0 Å². The van der Waals surface area contributed by atoms with E-state index in [0.29, 0.717) is 24.2 Å². The summed E-state index contributed by atoms with van der Waals surface area (Å²) in [5, 5.41) is 7.03. The van der Waals surface area contributed by atoms with Gasteiger partial charge in [0, 0.05) is 76.5 Å². The van der Waals surface area contributed by atoms with Gasteiger partial charge in [0.2, 0.25) is 0 Å². The van der Waals surface area contributed by atoms with E-state index in [1.54, 1.807) is 0 Å². The summed E-state index contributed by atoms with van der Waals surface area (Å²) in [6, 6.07) is 24.0. The fourth-order valence-corrected chi connectivity index (χ4v) is 5.40. The average molecular weight is 495 g/mol. The maximum atomic E-state index is 3.52. The van der Waals surface area contributed by atoms with Crippen molar-refractivity contribution in [3.05, 3.63) is 71.8 Å². The highest BCUT2D eigenvalue weighted by atomic mass is 15.3. The van der Waals surface area contributed by atoms with Crippen LogP contribution in [0, 0.1) is 0 Å². The largest absolute Gasteiger partial charge is 0.312 e. The second-order valence-electron chi connectivity index (χ2n) is 11.1. The zero-order valence-electron chi connectivity index (χ0n) is 23.5. The number of nitrogens with zero attached hydrogens (tertiary/aromatic N) is 4. The minimum absolute atomic E-state index is 0.505. The maximum Gasteiger partial charge on any atom is 0.0476 e. The van der Waals surface area contributed by atoms with E-state index in [0.717, 1.165) is 52.4 Å². The van der Waals surface area contributed by atoms with Gasteiger partial charge in [-0.05, 0) is 53.2 Å². The number of likely N-dealkylation sites (N-methyl/N-ethyl adjacent to an activating group) is 2. The minimum atomic E-state index is 0.505. The Morgan fingerprint density at radius 3 is 1.33 bits per heavy atom. The first-order valence-corrected chi connectivity index (χ1v) is 13.7. The third-order valence-corrected chi connectivity index (χ3v) is 7.13. The lowest BCUT2D eigenvalue weighted by atomic mass is 10.0. The normalized spacial score (nSPS) is 23.2. The van der Waals surface area contributed by atoms with Crippen molar-refractivity contribution >= 4 is 0 Å². The van der Waals surface area contributed by atoms with Crippen molar-refractivity contribution in [3.63, 3.8) is 0 Å². The summed E-state index contributed by atoms with van der Waals surface area (Å²) in [7, 11) is 8.62. The van der Waals surface area contributed by atoms with Gasteiger partial charge in [-0.3, -0.25) is 9.80 Å². The summed E-state index contributed by atoms with van der Waals surface area (Å²) in [4.78, 5) is 9.78.